The molecule has 1 aliphatic rings. The minimum atomic E-state index is -0.188. The third-order valence-electron chi connectivity index (χ3n) is 3.43. The molecule has 92 valence electrons. The van der Waals surface area contributed by atoms with Crippen LogP contribution in [0.1, 0.15) is 36.4 Å². The van der Waals surface area contributed by atoms with Gasteiger partial charge in [0, 0.05) is 12.8 Å². The van der Waals surface area contributed by atoms with Crippen molar-refractivity contribution in [2.24, 2.45) is 5.41 Å². The van der Waals surface area contributed by atoms with Gasteiger partial charge < -0.3 is 4.42 Å². The topological polar surface area (TPSA) is 47.3 Å². The highest BCUT2D eigenvalue weighted by Crippen LogP contribution is 2.34. The SMILES string of the molecule is CC1(C)CC(=O)c2c(oc3ccccc3c2=O)C1. The highest BCUT2D eigenvalue weighted by Gasteiger charge is 2.34. The normalized spacial score (nSPS) is 17.8. The van der Waals surface area contributed by atoms with Crippen LogP contribution in [0.2, 0.25) is 0 Å². The number of fused-ring (bicyclic) bond motifs is 2. The molecule has 3 nitrogen and oxygen atoms in total. The van der Waals surface area contributed by atoms with E-state index < -0.39 is 0 Å². The molecule has 0 amide bonds. The second-order valence-corrected chi connectivity index (χ2v) is 5.67. The van der Waals surface area contributed by atoms with E-state index in [4.69, 9.17) is 4.42 Å². The molecule has 0 saturated heterocycles. The molecule has 0 radical (unpaired) electrons. The predicted molar refractivity (Wildman–Crippen MR) is 68.9 cm³/mol. The number of carbonyl (C=O) groups is 1. The van der Waals surface area contributed by atoms with Crippen molar-refractivity contribution in [1.82, 2.24) is 0 Å². The third-order valence-corrected chi connectivity index (χ3v) is 3.43. The second kappa shape index (κ2) is 3.55. The standard InChI is InChI=1S/C15H14O3/c1-15(2)7-10(16)13-12(8-15)18-11-6-4-3-5-9(11)14(13)17/h3-6H,7-8H2,1-2H3. The maximum atomic E-state index is 12.3. The lowest BCUT2D eigenvalue weighted by molar-refractivity contribution is 0.0899. The van der Waals surface area contributed by atoms with Crippen LogP contribution < -0.4 is 5.43 Å². The third kappa shape index (κ3) is 1.58. The number of Topliss-reactive ketones (excluding diaryl/α,β-unsaturated/α-hetero) is 1. The van der Waals surface area contributed by atoms with Gasteiger partial charge in [-0.15, -0.1) is 0 Å². The lowest BCUT2D eigenvalue weighted by Crippen LogP contribution is -2.31. The van der Waals surface area contributed by atoms with Crippen molar-refractivity contribution in [2.75, 3.05) is 0 Å². The van der Waals surface area contributed by atoms with E-state index in [0.717, 1.165) is 0 Å². The molecule has 0 unspecified atom stereocenters. The van der Waals surface area contributed by atoms with Gasteiger partial charge in [0.2, 0.25) is 5.43 Å². The summed E-state index contributed by atoms with van der Waals surface area (Å²) in [4.78, 5) is 24.4. The highest BCUT2D eigenvalue weighted by molar-refractivity contribution is 6.00. The van der Waals surface area contributed by atoms with E-state index in [9.17, 15) is 9.59 Å². The van der Waals surface area contributed by atoms with Crippen molar-refractivity contribution in [3.63, 3.8) is 0 Å². The molecule has 0 fully saturated rings. The van der Waals surface area contributed by atoms with Crippen molar-refractivity contribution >= 4 is 16.8 Å². The van der Waals surface area contributed by atoms with Gasteiger partial charge in [0.1, 0.15) is 16.9 Å². The monoisotopic (exact) mass is 242 g/mol. The van der Waals surface area contributed by atoms with Gasteiger partial charge in [-0.2, -0.15) is 0 Å². The minimum Gasteiger partial charge on any atom is -0.460 e. The molecule has 3 heteroatoms. The van der Waals surface area contributed by atoms with Gasteiger partial charge in [-0.25, -0.2) is 0 Å². The van der Waals surface area contributed by atoms with Gasteiger partial charge >= 0.3 is 0 Å². The summed E-state index contributed by atoms with van der Waals surface area (Å²) in [5, 5.41) is 0.490. The number of benzene rings is 1. The number of para-hydroxylation sites is 1. The Morgan fingerprint density at radius 2 is 1.83 bits per heavy atom. The van der Waals surface area contributed by atoms with E-state index in [1.165, 1.54) is 0 Å². The Labute approximate surface area is 104 Å². The molecule has 1 heterocycles. The van der Waals surface area contributed by atoms with Crippen LogP contribution in [0.3, 0.4) is 0 Å². The summed E-state index contributed by atoms with van der Waals surface area (Å²) < 4.78 is 5.75. The number of ketones is 1. The van der Waals surface area contributed by atoms with Crippen LogP contribution in [0.4, 0.5) is 0 Å². The largest absolute Gasteiger partial charge is 0.460 e. The van der Waals surface area contributed by atoms with Crippen LogP contribution in [-0.4, -0.2) is 5.78 Å². The van der Waals surface area contributed by atoms with E-state index in [1.807, 2.05) is 19.9 Å². The molecule has 1 aromatic heterocycles. The van der Waals surface area contributed by atoms with Gasteiger partial charge in [-0.3, -0.25) is 9.59 Å². The zero-order chi connectivity index (χ0) is 12.9. The summed E-state index contributed by atoms with van der Waals surface area (Å²) >= 11 is 0. The van der Waals surface area contributed by atoms with Crippen molar-refractivity contribution in [1.29, 1.82) is 0 Å². The molecule has 0 saturated carbocycles. The molecule has 2 aromatic rings. The molecule has 3 rings (SSSR count). The molecular weight excluding hydrogens is 228 g/mol. The first-order valence-electron chi connectivity index (χ1n) is 6.06. The van der Waals surface area contributed by atoms with Gasteiger partial charge in [0.25, 0.3) is 0 Å². The maximum absolute atomic E-state index is 12.3. The minimum absolute atomic E-state index is 0.0965. The van der Waals surface area contributed by atoms with Crippen LogP contribution >= 0.6 is 0 Å². The molecule has 18 heavy (non-hydrogen) atoms. The summed E-state index contributed by atoms with van der Waals surface area (Å²) in [6.07, 6.45) is 1.04. The maximum Gasteiger partial charge on any atom is 0.203 e. The highest BCUT2D eigenvalue weighted by atomic mass is 16.3. The first kappa shape index (κ1) is 11.2. The summed E-state index contributed by atoms with van der Waals surface area (Å²) in [6.45, 7) is 4.03. The van der Waals surface area contributed by atoms with E-state index >= 15 is 0 Å². The molecule has 0 bridgehead atoms. The van der Waals surface area contributed by atoms with Gasteiger partial charge in [-0.05, 0) is 17.5 Å². The number of hydrogen-bond donors (Lipinski definition) is 0. The molecule has 0 N–H and O–H groups in total. The quantitative estimate of drug-likeness (QED) is 0.713. The Bertz CT molecular complexity index is 707. The first-order chi connectivity index (χ1) is 8.48. The smallest absolute Gasteiger partial charge is 0.203 e. The average Bonchev–Trinajstić information content (AvgIpc) is 2.26. The van der Waals surface area contributed by atoms with E-state index in [0.29, 0.717) is 29.6 Å². The molecule has 0 atom stereocenters. The Hall–Kier alpha value is -1.90. The number of rotatable bonds is 0. The molecule has 0 spiro atoms. The number of hydrogen-bond acceptors (Lipinski definition) is 3. The van der Waals surface area contributed by atoms with E-state index in [-0.39, 0.29) is 22.2 Å². The van der Waals surface area contributed by atoms with E-state index in [2.05, 4.69) is 0 Å². The van der Waals surface area contributed by atoms with Crippen molar-refractivity contribution in [2.45, 2.75) is 26.7 Å². The predicted octanol–water partition coefficient (Wildman–Crippen LogP) is 2.95. The van der Waals surface area contributed by atoms with Gasteiger partial charge in [0.05, 0.1) is 5.39 Å². The summed E-state index contributed by atoms with van der Waals surface area (Å²) in [5.41, 5.74) is 0.495. The Kier molecular flexibility index (Phi) is 2.21. The fourth-order valence-electron chi connectivity index (χ4n) is 2.62. The number of carbonyl (C=O) groups excluding carboxylic acids is 1. The zero-order valence-electron chi connectivity index (χ0n) is 10.4. The Morgan fingerprint density at radius 3 is 2.61 bits per heavy atom. The van der Waals surface area contributed by atoms with Crippen LogP contribution in [0, 0.1) is 5.41 Å². The molecule has 1 aromatic carbocycles. The Morgan fingerprint density at radius 1 is 1.11 bits per heavy atom. The summed E-state index contributed by atoms with van der Waals surface area (Å²) in [5.74, 6) is 0.445. The van der Waals surface area contributed by atoms with Crippen LogP contribution in [0.25, 0.3) is 11.0 Å². The van der Waals surface area contributed by atoms with Crippen molar-refractivity contribution in [3.05, 3.63) is 45.8 Å². The van der Waals surface area contributed by atoms with Crippen molar-refractivity contribution < 1.29 is 9.21 Å². The lowest BCUT2D eigenvalue weighted by Gasteiger charge is -2.28. The first-order valence-corrected chi connectivity index (χ1v) is 6.06. The average molecular weight is 242 g/mol. The van der Waals surface area contributed by atoms with Crippen molar-refractivity contribution in [3.8, 4) is 0 Å². The zero-order valence-corrected chi connectivity index (χ0v) is 10.4. The fraction of sp³-hybridized carbons (Fsp3) is 0.333. The fourth-order valence-corrected chi connectivity index (χ4v) is 2.62. The summed E-state index contributed by atoms with van der Waals surface area (Å²) in [7, 11) is 0. The van der Waals surface area contributed by atoms with Crippen LogP contribution in [0.15, 0.2) is 33.5 Å². The molecule has 1 aliphatic carbocycles. The van der Waals surface area contributed by atoms with Crippen LogP contribution in [-0.2, 0) is 6.42 Å². The molecule has 0 aliphatic heterocycles. The molecular formula is C15H14O3. The van der Waals surface area contributed by atoms with Crippen LogP contribution in [0.5, 0.6) is 0 Å². The Balaban J connectivity index is 2.37. The van der Waals surface area contributed by atoms with Gasteiger partial charge in [-0.1, -0.05) is 26.0 Å². The summed E-state index contributed by atoms with van der Waals surface area (Å²) in [6, 6.07) is 7.08. The van der Waals surface area contributed by atoms with E-state index in [1.54, 1.807) is 18.2 Å². The lowest BCUT2D eigenvalue weighted by atomic mass is 9.76. The van der Waals surface area contributed by atoms with Gasteiger partial charge in [0.15, 0.2) is 5.78 Å². The second-order valence-electron chi connectivity index (χ2n) is 5.67.